The van der Waals surface area contributed by atoms with E-state index in [1.807, 2.05) is 24.3 Å². The van der Waals surface area contributed by atoms with Crippen molar-refractivity contribution in [3.63, 3.8) is 0 Å². The first-order chi connectivity index (χ1) is 10.7. The van der Waals surface area contributed by atoms with Gasteiger partial charge in [-0.2, -0.15) is 0 Å². The Bertz CT molecular complexity index is 602. The molecule has 3 aliphatic rings. The van der Waals surface area contributed by atoms with Crippen LogP contribution in [0.5, 0.6) is 0 Å². The largest absolute Gasteiger partial charge is 0.335 e. The van der Waals surface area contributed by atoms with Crippen LogP contribution in [-0.4, -0.2) is 41.9 Å². The number of carbonyl (C=O) groups is 2. The molecule has 116 valence electrons. The molecular formula is C17H21N3O2. The number of amides is 2. The van der Waals surface area contributed by atoms with Crippen LogP contribution in [0, 0.1) is 0 Å². The number of para-hydroxylation sites is 1. The second kappa shape index (κ2) is 5.39. The molecule has 0 spiro atoms. The Kier molecular flexibility index (Phi) is 3.37. The van der Waals surface area contributed by atoms with Crippen molar-refractivity contribution in [2.24, 2.45) is 0 Å². The molecule has 2 fully saturated rings. The fourth-order valence-electron chi connectivity index (χ4n) is 4.15. The van der Waals surface area contributed by atoms with E-state index in [1.165, 1.54) is 0 Å². The number of benzene rings is 1. The summed E-state index contributed by atoms with van der Waals surface area (Å²) in [6.07, 6.45) is 3.45. The highest BCUT2D eigenvalue weighted by atomic mass is 16.2. The Morgan fingerprint density at radius 1 is 1.14 bits per heavy atom. The Hall–Kier alpha value is -1.88. The molecule has 4 rings (SSSR count). The van der Waals surface area contributed by atoms with Crippen molar-refractivity contribution < 1.29 is 9.59 Å². The highest BCUT2D eigenvalue weighted by molar-refractivity contribution is 6.01. The Balaban J connectivity index is 1.67. The lowest BCUT2D eigenvalue weighted by Gasteiger charge is -2.34. The Morgan fingerprint density at radius 3 is 2.86 bits per heavy atom. The van der Waals surface area contributed by atoms with Crippen LogP contribution in [-0.2, 0) is 9.59 Å². The van der Waals surface area contributed by atoms with E-state index in [1.54, 1.807) is 0 Å². The van der Waals surface area contributed by atoms with Crippen LogP contribution in [0.3, 0.4) is 0 Å². The molecule has 1 aromatic carbocycles. The maximum atomic E-state index is 13.2. The quantitative estimate of drug-likeness (QED) is 0.825. The number of hydrogen-bond donors (Lipinski definition) is 2. The SMILES string of the molecule is O=C1CC(C(=O)N2C3CCNCC2CC3)c2ccccc2N1. The van der Waals surface area contributed by atoms with Crippen LogP contribution in [0.4, 0.5) is 5.69 Å². The van der Waals surface area contributed by atoms with Gasteiger partial charge in [0.1, 0.15) is 0 Å². The van der Waals surface area contributed by atoms with Crippen molar-refractivity contribution in [2.45, 2.75) is 43.7 Å². The smallest absolute Gasteiger partial charge is 0.231 e. The van der Waals surface area contributed by atoms with Gasteiger partial charge in [-0.1, -0.05) is 18.2 Å². The third-order valence-electron chi connectivity index (χ3n) is 5.21. The molecule has 0 radical (unpaired) electrons. The van der Waals surface area contributed by atoms with E-state index in [0.717, 1.165) is 43.6 Å². The summed E-state index contributed by atoms with van der Waals surface area (Å²) in [5.74, 6) is -0.248. The Labute approximate surface area is 130 Å². The second-order valence-corrected chi connectivity index (χ2v) is 6.52. The normalized spacial score (nSPS) is 30.5. The first-order valence-electron chi connectivity index (χ1n) is 8.15. The van der Waals surface area contributed by atoms with E-state index in [2.05, 4.69) is 15.5 Å². The number of carbonyl (C=O) groups excluding carboxylic acids is 2. The van der Waals surface area contributed by atoms with Gasteiger partial charge in [0.25, 0.3) is 0 Å². The van der Waals surface area contributed by atoms with Crippen LogP contribution in [0.25, 0.3) is 0 Å². The lowest BCUT2D eigenvalue weighted by atomic mass is 9.89. The number of fused-ring (bicyclic) bond motifs is 3. The van der Waals surface area contributed by atoms with Gasteiger partial charge in [0.05, 0.1) is 5.92 Å². The predicted molar refractivity (Wildman–Crippen MR) is 83.6 cm³/mol. The highest BCUT2D eigenvalue weighted by Gasteiger charge is 2.42. The molecule has 22 heavy (non-hydrogen) atoms. The van der Waals surface area contributed by atoms with Crippen molar-refractivity contribution in [1.82, 2.24) is 10.2 Å². The zero-order valence-electron chi connectivity index (χ0n) is 12.5. The molecule has 1 aromatic rings. The summed E-state index contributed by atoms with van der Waals surface area (Å²) >= 11 is 0. The van der Waals surface area contributed by atoms with Gasteiger partial charge in [0.2, 0.25) is 11.8 Å². The number of anilines is 1. The van der Waals surface area contributed by atoms with Crippen LogP contribution < -0.4 is 10.6 Å². The van der Waals surface area contributed by atoms with Crippen molar-refractivity contribution in [2.75, 3.05) is 18.4 Å². The van der Waals surface area contributed by atoms with Gasteiger partial charge >= 0.3 is 0 Å². The fourth-order valence-corrected chi connectivity index (χ4v) is 4.15. The van der Waals surface area contributed by atoms with E-state index in [-0.39, 0.29) is 30.2 Å². The molecule has 0 saturated carbocycles. The number of hydrogen-bond acceptors (Lipinski definition) is 3. The van der Waals surface area contributed by atoms with Gasteiger partial charge < -0.3 is 15.5 Å². The molecule has 3 aliphatic heterocycles. The fraction of sp³-hybridized carbons (Fsp3) is 0.529. The monoisotopic (exact) mass is 299 g/mol. The minimum Gasteiger partial charge on any atom is -0.335 e. The summed E-state index contributed by atoms with van der Waals surface area (Å²) in [5.41, 5.74) is 1.75. The maximum absolute atomic E-state index is 13.2. The van der Waals surface area contributed by atoms with Gasteiger partial charge in [-0.15, -0.1) is 0 Å². The van der Waals surface area contributed by atoms with Crippen molar-refractivity contribution >= 4 is 17.5 Å². The minimum absolute atomic E-state index is 0.0580. The van der Waals surface area contributed by atoms with Crippen molar-refractivity contribution in [3.8, 4) is 0 Å². The zero-order valence-corrected chi connectivity index (χ0v) is 12.5. The number of rotatable bonds is 1. The van der Waals surface area contributed by atoms with Crippen LogP contribution in [0.15, 0.2) is 24.3 Å². The molecule has 3 unspecified atom stereocenters. The lowest BCUT2D eigenvalue weighted by molar-refractivity contribution is -0.137. The molecular weight excluding hydrogens is 278 g/mol. The first-order valence-corrected chi connectivity index (χ1v) is 8.15. The molecule has 2 saturated heterocycles. The number of nitrogens with one attached hydrogen (secondary N) is 2. The van der Waals surface area contributed by atoms with E-state index < -0.39 is 0 Å². The van der Waals surface area contributed by atoms with Crippen molar-refractivity contribution in [3.05, 3.63) is 29.8 Å². The highest BCUT2D eigenvalue weighted by Crippen LogP contribution is 2.37. The summed E-state index contributed by atoms with van der Waals surface area (Å²) in [6, 6.07) is 8.31. The van der Waals surface area contributed by atoms with Gasteiger partial charge in [-0.3, -0.25) is 9.59 Å². The minimum atomic E-state index is -0.328. The average Bonchev–Trinajstić information content (AvgIpc) is 2.78. The maximum Gasteiger partial charge on any atom is 0.231 e. The van der Waals surface area contributed by atoms with Crippen LogP contribution in [0.2, 0.25) is 0 Å². The summed E-state index contributed by atoms with van der Waals surface area (Å²) in [4.78, 5) is 27.3. The summed E-state index contributed by atoms with van der Waals surface area (Å²) in [6.45, 7) is 1.86. The summed E-state index contributed by atoms with van der Waals surface area (Å²) in [7, 11) is 0. The molecule has 5 heteroatoms. The van der Waals surface area contributed by atoms with Gasteiger partial charge in [0, 0.05) is 30.7 Å². The first kappa shape index (κ1) is 13.8. The molecule has 0 aliphatic carbocycles. The predicted octanol–water partition coefficient (Wildman–Crippen LogP) is 1.47. The average molecular weight is 299 g/mol. The third kappa shape index (κ3) is 2.20. The third-order valence-corrected chi connectivity index (χ3v) is 5.21. The molecule has 2 amide bonds. The summed E-state index contributed by atoms with van der Waals surface area (Å²) in [5, 5.41) is 6.30. The van der Waals surface area contributed by atoms with Gasteiger partial charge in [-0.05, 0) is 37.4 Å². The topological polar surface area (TPSA) is 61.4 Å². The Morgan fingerprint density at radius 2 is 1.95 bits per heavy atom. The van der Waals surface area contributed by atoms with Crippen molar-refractivity contribution in [1.29, 1.82) is 0 Å². The van der Waals surface area contributed by atoms with Crippen LogP contribution >= 0.6 is 0 Å². The van der Waals surface area contributed by atoms with Crippen LogP contribution in [0.1, 0.15) is 37.2 Å². The van der Waals surface area contributed by atoms with E-state index in [4.69, 9.17) is 0 Å². The summed E-state index contributed by atoms with van der Waals surface area (Å²) < 4.78 is 0. The number of nitrogens with zero attached hydrogens (tertiary/aromatic N) is 1. The van der Waals surface area contributed by atoms with Gasteiger partial charge in [0.15, 0.2) is 0 Å². The molecule has 5 nitrogen and oxygen atoms in total. The molecule has 3 heterocycles. The molecule has 3 atom stereocenters. The van der Waals surface area contributed by atoms with Gasteiger partial charge in [-0.25, -0.2) is 0 Å². The van der Waals surface area contributed by atoms with E-state index >= 15 is 0 Å². The standard InChI is InChI=1S/C17H21N3O2/c21-16-9-14(13-3-1-2-4-15(13)19-16)17(22)20-11-5-6-12(20)10-18-8-7-11/h1-4,11-12,14,18H,5-10H2,(H,19,21). The second-order valence-electron chi connectivity index (χ2n) is 6.52. The molecule has 2 N–H and O–H groups in total. The molecule has 0 aromatic heterocycles. The van der Waals surface area contributed by atoms with E-state index in [0.29, 0.717) is 6.04 Å². The lowest BCUT2D eigenvalue weighted by Crippen LogP contribution is -2.46. The van der Waals surface area contributed by atoms with E-state index in [9.17, 15) is 9.59 Å². The zero-order chi connectivity index (χ0) is 15.1. The molecule has 2 bridgehead atoms.